The highest BCUT2D eigenvalue weighted by molar-refractivity contribution is 5.67. The summed E-state index contributed by atoms with van der Waals surface area (Å²) in [5, 5.41) is 3.09. The monoisotopic (exact) mass is 226 g/mol. The van der Waals surface area contributed by atoms with E-state index in [1.165, 1.54) is 27.8 Å². The van der Waals surface area contributed by atoms with Crippen molar-refractivity contribution in [2.75, 3.05) is 12.4 Å². The first-order chi connectivity index (χ1) is 8.10. The van der Waals surface area contributed by atoms with E-state index in [0.717, 1.165) is 5.82 Å². The van der Waals surface area contributed by atoms with Gasteiger partial charge in [0.2, 0.25) is 0 Å². The minimum Gasteiger partial charge on any atom is -0.373 e. The number of rotatable bonds is 2. The molecule has 2 aromatic rings. The average molecular weight is 226 g/mol. The van der Waals surface area contributed by atoms with Gasteiger partial charge in [0.15, 0.2) is 0 Å². The Morgan fingerprint density at radius 2 is 1.53 bits per heavy atom. The lowest BCUT2D eigenvalue weighted by atomic mass is 10.0. The fraction of sp³-hybridized carbons (Fsp3) is 0.267. The number of hydrogen-bond acceptors (Lipinski definition) is 2. The Bertz CT molecular complexity index is 524. The van der Waals surface area contributed by atoms with Gasteiger partial charge in [0, 0.05) is 18.8 Å². The Hall–Kier alpha value is -1.83. The summed E-state index contributed by atoms with van der Waals surface area (Å²) in [6.45, 7) is 6.32. The standard InChI is InChI=1S/C15H18N2/c1-10-5-11(2)7-13(6-10)14-8-12(3)15(16-4)17-9-14/h5-9H,1-4H3,(H,16,17). The minimum absolute atomic E-state index is 0.943. The van der Waals surface area contributed by atoms with Crippen LogP contribution in [0.3, 0.4) is 0 Å². The SMILES string of the molecule is CNc1ncc(-c2cc(C)cc(C)c2)cc1C. The Morgan fingerprint density at radius 3 is 2.06 bits per heavy atom. The van der Waals surface area contributed by atoms with Crippen molar-refractivity contribution in [1.29, 1.82) is 0 Å². The summed E-state index contributed by atoms with van der Waals surface area (Å²) in [4.78, 5) is 4.42. The van der Waals surface area contributed by atoms with Crippen LogP contribution < -0.4 is 5.32 Å². The van der Waals surface area contributed by atoms with E-state index in [2.05, 4.69) is 55.3 Å². The van der Waals surface area contributed by atoms with E-state index in [1.807, 2.05) is 13.2 Å². The summed E-state index contributed by atoms with van der Waals surface area (Å²) >= 11 is 0. The molecule has 0 unspecified atom stereocenters. The molecular weight excluding hydrogens is 208 g/mol. The number of pyridine rings is 1. The predicted molar refractivity (Wildman–Crippen MR) is 73.4 cm³/mol. The largest absolute Gasteiger partial charge is 0.373 e. The second-order valence-corrected chi connectivity index (χ2v) is 4.52. The fourth-order valence-electron chi connectivity index (χ4n) is 2.14. The van der Waals surface area contributed by atoms with Crippen LogP contribution in [0.2, 0.25) is 0 Å². The topological polar surface area (TPSA) is 24.9 Å². The summed E-state index contributed by atoms with van der Waals surface area (Å²) in [5.41, 5.74) is 6.16. The van der Waals surface area contributed by atoms with Crippen LogP contribution in [0, 0.1) is 20.8 Å². The molecule has 2 nitrogen and oxygen atoms in total. The van der Waals surface area contributed by atoms with Gasteiger partial charge in [-0.1, -0.05) is 29.3 Å². The zero-order chi connectivity index (χ0) is 12.4. The molecule has 0 bridgehead atoms. The summed E-state index contributed by atoms with van der Waals surface area (Å²) in [6.07, 6.45) is 1.92. The Balaban J connectivity index is 2.49. The van der Waals surface area contributed by atoms with Crippen molar-refractivity contribution >= 4 is 5.82 Å². The first kappa shape index (κ1) is 11.6. The lowest BCUT2D eigenvalue weighted by Gasteiger charge is -2.08. The van der Waals surface area contributed by atoms with E-state index in [4.69, 9.17) is 0 Å². The summed E-state index contributed by atoms with van der Waals surface area (Å²) < 4.78 is 0. The van der Waals surface area contributed by atoms with Gasteiger partial charge in [-0.15, -0.1) is 0 Å². The molecule has 1 N–H and O–H groups in total. The summed E-state index contributed by atoms with van der Waals surface area (Å²) in [7, 11) is 1.89. The van der Waals surface area contributed by atoms with Crippen LogP contribution in [0.4, 0.5) is 5.82 Å². The lowest BCUT2D eigenvalue weighted by molar-refractivity contribution is 1.24. The number of benzene rings is 1. The van der Waals surface area contributed by atoms with Crippen LogP contribution in [0.5, 0.6) is 0 Å². The van der Waals surface area contributed by atoms with E-state index in [-0.39, 0.29) is 0 Å². The molecule has 0 atom stereocenters. The van der Waals surface area contributed by atoms with Crippen molar-refractivity contribution < 1.29 is 0 Å². The molecule has 88 valence electrons. The van der Waals surface area contributed by atoms with Gasteiger partial charge in [0.25, 0.3) is 0 Å². The zero-order valence-electron chi connectivity index (χ0n) is 10.8. The van der Waals surface area contributed by atoms with Crippen molar-refractivity contribution in [2.24, 2.45) is 0 Å². The molecule has 2 rings (SSSR count). The van der Waals surface area contributed by atoms with Gasteiger partial charge in [0.05, 0.1) is 0 Å². The van der Waals surface area contributed by atoms with Crippen LogP contribution in [0.25, 0.3) is 11.1 Å². The lowest BCUT2D eigenvalue weighted by Crippen LogP contribution is -1.95. The van der Waals surface area contributed by atoms with E-state index < -0.39 is 0 Å². The minimum atomic E-state index is 0.943. The van der Waals surface area contributed by atoms with Crippen molar-refractivity contribution in [3.05, 3.63) is 47.2 Å². The molecule has 17 heavy (non-hydrogen) atoms. The molecule has 1 heterocycles. The third kappa shape index (κ3) is 2.47. The van der Waals surface area contributed by atoms with Gasteiger partial charge < -0.3 is 5.32 Å². The van der Waals surface area contributed by atoms with Gasteiger partial charge in [-0.2, -0.15) is 0 Å². The first-order valence-electron chi connectivity index (χ1n) is 5.83. The molecule has 0 amide bonds. The highest BCUT2D eigenvalue weighted by Crippen LogP contribution is 2.24. The van der Waals surface area contributed by atoms with Crippen molar-refractivity contribution in [1.82, 2.24) is 4.98 Å². The van der Waals surface area contributed by atoms with Gasteiger partial charge in [-0.05, 0) is 38.0 Å². The van der Waals surface area contributed by atoms with Gasteiger partial charge in [-0.25, -0.2) is 4.98 Å². The summed E-state index contributed by atoms with van der Waals surface area (Å²) in [6, 6.07) is 8.75. The molecule has 0 radical (unpaired) electrons. The highest BCUT2D eigenvalue weighted by atomic mass is 15.0. The molecule has 1 aromatic carbocycles. The third-order valence-electron chi connectivity index (χ3n) is 2.87. The number of hydrogen-bond donors (Lipinski definition) is 1. The smallest absolute Gasteiger partial charge is 0.128 e. The molecule has 0 aliphatic rings. The van der Waals surface area contributed by atoms with Crippen LogP contribution in [0.1, 0.15) is 16.7 Å². The maximum atomic E-state index is 4.42. The molecule has 2 heteroatoms. The maximum Gasteiger partial charge on any atom is 0.128 e. The second kappa shape index (κ2) is 4.58. The van der Waals surface area contributed by atoms with Crippen LogP contribution in [-0.2, 0) is 0 Å². The Kier molecular flexibility index (Phi) is 3.14. The van der Waals surface area contributed by atoms with Gasteiger partial charge in [0.1, 0.15) is 5.82 Å². The molecule has 0 saturated carbocycles. The third-order valence-corrected chi connectivity index (χ3v) is 2.87. The van der Waals surface area contributed by atoms with Crippen molar-refractivity contribution in [3.63, 3.8) is 0 Å². The number of nitrogens with zero attached hydrogens (tertiary/aromatic N) is 1. The maximum absolute atomic E-state index is 4.42. The quantitative estimate of drug-likeness (QED) is 0.844. The average Bonchev–Trinajstić information content (AvgIpc) is 2.27. The molecule has 0 spiro atoms. The van der Waals surface area contributed by atoms with Crippen LogP contribution in [0.15, 0.2) is 30.5 Å². The van der Waals surface area contributed by atoms with E-state index in [1.54, 1.807) is 0 Å². The summed E-state index contributed by atoms with van der Waals surface area (Å²) in [5.74, 6) is 0.943. The molecule has 0 aliphatic carbocycles. The van der Waals surface area contributed by atoms with E-state index >= 15 is 0 Å². The van der Waals surface area contributed by atoms with E-state index in [0.29, 0.717) is 0 Å². The number of aryl methyl sites for hydroxylation is 3. The van der Waals surface area contributed by atoms with Gasteiger partial charge >= 0.3 is 0 Å². The molecule has 0 fully saturated rings. The van der Waals surface area contributed by atoms with Gasteiger partial charge in [-0.3, -0.25) is 0 Å². The zero-order valence-corrected chi connectivity index (χ0v) is 10.8. The van der Waals surface area contributed by atoms with E-state index in [9.17, 15) is 0 Å². The Morgan fingerprint density at radius 1 is 0.882 bits per heavy atom. The normalized spacial score (nSPS) is 10.4. The first-order valence-corrected chi connectivity index (χ1v) is 5.83. The van der Waals surface area contributed by atoms with Crippen molar-refractivity contribution in [2.45, 2.75) is 20.8 Å². The van der Waals surface area contributed by atoms with Crippen molar-refractivity contribution in [3.8, 4) is 11.1 Å². The highest BCUT2D eigenvalue weighted by Gasteiger charge is 2.03. The van der Waals surface area contributed by atoms with Crippen LogP contribution in [-0.4, -0.2) is 12.0 Å². The number of anilines is 1. The fourth-order valence-corrected chi connectivity index (χ4v) is 2.14. The second-order valence-electron chi connectivity index (χ2n) is 4.52. The molecule has 0 aliphatic heterocycles. The number of aromatic nitrogens is 1. The Labute approximate surface area is 103 Å². The molecule has 0 saturated heterocycles. The number of nitrogens with one attached hydrogen (secondary N) is 1. The molecular formula is C15H18N2. The molecule has 1 aromatic heterocycles. The predicted octanol–water partition coefficient (Wildman–Crippen LogP) is 3.72. The van der Waals surface area contributed by atoms with Crippen LogP contribution >= 0.6 is 0 Å².